The van der Waals surface area contributed by atoms with Crippen LogP contribution in [-0.4, -0.2) is 43.9 Å². The lowest BCUT2D eigenvalue weighted by molar-refractivity contribution is 0.300. The second-order valence-electron chi connectivity index (χ2n) is 5.96. The Kier molecular flexibility index (Phi) is 4.32. The van der Waals surface area contributed by atoms with Crippen LogP contribution < -0.4 is 15.4 Å². The van der Waals surface area contributed by atoms with Crippen LogP contribution in [0.5, 0.6) is 5.75 Å². The van der Waals surface area contributed by atoms with Crippen molar-refractivity contribution in [3.63, 3.8) is 0 Å². The first kappa shape index (κ1) is 14.2. The van der Waals surface area contributed by atoms with Crippen LogP contribution in [0.4, 0.5) is 5.69 Å². The summed E-state index contributed by atoms with van der Waals surface area (Å²) >= 11 is 0. The highest BCUT2D eigenvalue weighted by molar-refractivity contribution is 5.49. The smallest absolute Gasteiger partial charge is 0.119 e. The molecular weight excluding hydrogens is 238 g/mol. The lowest BCUT2D eigenvalue weighted by Crippen LogP contribution is -2.37. The molecule has 1 saturated heterocycles. The van der Waals surface area contributed by atoms with Gasteiger partial charge in [-0.15, -0.1) is 0 Å². The van der Waals surface area contributed by atoms with Crippen LogP contribution in [-0.2, 0) is 0 Å². The first-order valence-electron chi connectivity index (χ1n) is 6.88. The van der Waals surface area contributed by atoms with Crippen LogP contribution in [0.25, 0.3) is 0 Å². The molecule has 0 aromatic heterocycles. The third-order valence-corrected chi connectivity index (χ3v) is 3.57. The van der Waals surface area contributed by atoms with E-state index >= 15 is 0 Å². The molecule has 0 bridgehead atoms. The minimum absolute atomic E-state index is 0.0759. The Morgan fingerprint density at radius 3 is 2.47 bits per heavy atom. The average molecular weight is 263 g/mol. The molecule has 4 nitrogen and oxygen atoms in total. The Morgan fingerprint density at radius 2 is 1.89 bits per heavy atom. The third kappa shape index (κ3) is 4.11. The minimum atomic E-state index is -0.0759. The molecule has 0 spiro atoms. The van der Waals surface area contributed by atoms with Crippen molar-refractivity contribution >= 4 is 5.69 Å². The van der Waals surface area contributed by atoms with Gasteiger partial charge in [0.25, 0.3) is 0 Å². The Labute approximate surface area is 116 Å². The van der Waals surface area contributed by atoms with Gasteiger partial charge in [0, 0.05) is 30.9 Å². The lowest BCUT2D eigenvalue weighted by atomic mass is 10.0. The summed E-state index contributed by atoms with van der Waals surface area (Å²) in [6.45, 7) is 8.42. The summed E-state index contributed by atoms with van der Waals surface area (Å²) in [5.74, 6) is 0.907. The molecular formula is C15H25N3O. The molecule has 0 radical (unpaired) electrons. The van der Waals surface area contributed by atoms with Crippen LogP contribution in [0, 0.1) is 0 Å². The van der Waals surface area contributed by atoms with Gasteiger partial charge >= 0.3 is 0 Å². The monoisotopic (exact) mass is 263 g/mol. The average Bonchev–Trinajstić information content (AvgIpc) is 2.84. The fraction of sp³-hybridized carbons (Fsp3) is 0.600. The number of methoxy groups -OCH3 is 1. The second kappa shape index (κ2) is 5.80. The third-order valence-electron chi connectivity index (χ3n) is 3.57. The molecule has 0 saturated carbocycles. The molecule has 1 fully saturated rings. The van der Waals surface area contributed by atoms with Crippen LogP contribution in [0.2, 0.25) is 0 Å². The maximum absolute atomic E-state index is 6.04. The molecule has 2 N–H and O–H groups in total. The standard InChI is InChI=1S/C15H25N3O/c1-15(2,16)8-9-17-10-11-18(12-17)13-4-6-14(19-3)7-5-13/h4-7H,8-12,16H2,1-3H3. The Balaban J connectivity index is 1.87. The van der Waals surface area contributed by atoms with Crippen molar-refractivity contribution < 1.29 is 4.74 Å². The SMILES string of the molecule is COc1ccc(N2CCN(CCC(C)(C)N)C2)cc1. The summed E-state index contributed by atoms with van der Waals surface area (Å²) < 4.78 is 5.19. The number of nitrogens with zero attached hydrogens (tertiary/aromatic N) is 2. The predicted molar refractivity (Wildman–Crippen MR) is 79.7 cm³/mol. The fourth-order valence-electron chi connectivity index (χ4n) is 2.28. The van der Waals surface area contributed by atoms with Crippen molar-refractivity contribution in [2.24, 2.45) is 5.73 Å². The van der Waals surface area contributed by atoms with E-state index in [1.807, 2.05) is 12.1 Å². The van der Waals surface area contributed by atoms with Gasteiger partial charge in [0.1, 0.15) is 5.75 Å². The molecule has 106 valence electrons. The summed E-state index contributed by atoms with van der Waals surface area (Å²) in [5, 5.41) is 0. The summed E-state index contributed by atoms with van der Waals surface area (Å²) in [5.41, 5.74) is 7.22. The van der Waals surface area contributed by atoms with Crippen molar-refractivity contribution in [1.29, 1.82) is 0 Å². The fourth-order valence-corrected chi connectivity index (χ4v) is 2.28. The molecule has 1 aromatic carbocycles. The highest BCUT2D eigenvalue weighted by Gasteiger charge is 2.21. The van der Waals surface area contributed by atoms with Gasteiger partial charge in [-0.1, -0.05) is 0 Å². The number of ether oxygens (including phenoxy) is 1. The largest absolute Gasteiger partial charge is 0.497 e. The van der Waals surface area contributed by atoms with Crippen molar-refractivity contribution in [2.45, 2.75) is 25.8 Å². The molecule has 0 aliphatic carbocycles. The molecule has 1 heterocycles. The van der Waals surface area contributed by atoms with Crippen molar-refractivity contribution in [3.05, 3.63) is 24.3 Å². The zero-order valence-corrected chi connectivity index (χ0v) is 12.2. The van der Waals surface area contributed by atoms with E-state index in [9.17, 15) is 0 Å². The number of rotatable bonds is 5. The molecule has 0 atom stereocenters. The Morgan fingerprint density at radius 1 is 1.21 bits per heavy atom. The van der Waals surface area contributed by atoms with Gasteiger partial charge in [0.2, 0.25) is 0 Å². The van der Waals surface area contributed by atoms with Gasteiger partial charge in [-0.2, -0.15) is 0 Å². The number of hydrogen-bond donors (Lipinski definition) is 1. The maximum Gasteiger partial charge on any atom is 0.119 e. The first-order chi connectivity index (χ1) is 8.98. The highest BCUT2D eigenvalue weighted by Crippen LogP contribution is 2.22. The number of nitrogens with two attached hydrogens (primary N) is 1. The van der Waals surface area contributed by atoms with Crippen LogP contribution in [0.1, 0.15) is 20.3 Å². The Bertz CT molecular complexity index is 397. The van der Waals surface area contributed by atoms with Crippen molar-refractivity contribution in [2.75, 3.05) is 38.3 Å². The summed E-state index contributed by atoms with van der Waals surface area (Å²) in [7, 11) is 1.70. The summed E-state index contributed by atoms with van der Waals surface area (Å²) in [6.07, 6.45) is 1.03. The summed E-state index contributed by atoms with van der Waals surface area (Å²) in [4.78, 5) is 4.85. The molecule has 1 aliphatic heterocycles. The van der Waals surface area contributed by atoms with Gasteiger partial charge in [-0.05, 0) is 44.5 Å². The van der Waals surface area contributed by atoms with E-state index in [1.165, 1.54) is 5.69 Å². The van der Waals surface area contributed by atoms with E-state index in [4.69, 9.17) is 10.5 Å². The molecule has 1 aromatic rings. The van der Waals surface area contributed by atoms with E-state index < -0.39 is 0 Å². The zero-order valence-electron chi connectivity index (χ0n) is 12.2. The second-order valence-corrected chi connectivity index (χ2v) is 5.96. The molecule has 19 heavy (non-hydrogen) atoms. The minimum Gasteiger partial charge on any atom is -0.497 e. The molecule has 0 amide bonds. The Hall–Kier alpha value is -1.26. The molecule has 1 aliphatic rings. The van der Waals surface area contributed by atoms with Gasteiger partial charge < -0.3 is 15.4 Å². The maximum atomic E-state index is 6.04. The predicted octanol–water partition coefficient (Wildman–Crippen LogP) is 1.90. The summed E-state index contributed by atoms with van der Waals surface area (Å²) in [6, 6.07) is 8.27. The quantitative estimate of drug-likeness (QED) is 0.881. The zero-order chi connectivity index (χ0) is 13.9. The molecule has 2 rings (SSSR count). The van der Waals surface area contributed by atoms with E-state index in [0.717, 1.165) is 38.5 Å². The highest BCUT2D eigenvalue weighted by atomic mass is 16.5. The number of anilines is 1. The first-order valence-corrected chi connectivity index (χ1v) is 6.88. The van der Waals surface area contributed by atoms with Crippen LogP contribution in [0.3, 0.4) is 0 Å². The molecule has 0 unspecified atom stereocenters. The lowest BCUT2D eigenvalue weighted by Gasteiger charge is -2.24. The molecule has 4 heteroatoms. The van der Waals surface area contributed by atoms with Gasteiger partial charge in [0.05, 0.1) is 13.8 Å². The van der Waals surface area contributed by atoms with Crippen LogP contribution in [0.15, 0.2) is 24.3 Å². The van der Waals surface area contributed by atoms with Crippen LogP contribution >= 0.6 is 0 Å². The van der Waals surface area contributed by atoms with E-state index in [-0.39, 0.29) is 5.54 Å². The topological polar surface area (TPSA) is 41.7 Å². The van der Waals surface area contributed by atoms with Gasteiger partial charge in [-0.3, -0.25) is 4.90 Å². The number of benzene rings is 1. The van der Waals surface area contributed by atoms with Crippen molar-refractivity contribution in [1.82, 2.24) is 4.90 Å². The normalized spacial score (nSPS) is 16.9. The number of hydrogen-bond acceptors (Lipinski definition) is 4. The van der Waals surface area contributed by atoms with E-state index in [1.54, 1.807) is 7.11 Å². The van der Waals surface area contributed by atoms with Crippen molar-refractivity contribution in [3.8, 4) is 5.75 Å². The van der Waals surface area contributed by atoms with E-state index in [0.29, 0.717) is 0 Å². The van der Waals surface area contributed by atoms with Gasteiger partial charge in [-0.25, -0.2) is 0 Å². The van der Waals surface area contributed by atoms with E-state index in [2.05, 4.69) is 35.8 Å². The van der Waals surface area contributed by atoms with Gasteiger partial charge in [0.15, 0.2) is 0 Å².